The topological polar surface area (TPSA) is 54.3 Å². The number of halogens is 1. The van der Waals surface area contributed by atoms with Crippen LogP contribution in [0.4, 0.5) is 0 Å². The lowest BCUT2D eigenvalue weighted by molar-refractivity contribution is 0.0860. The molecule has 0 saturated heterocycles. The van der Waals surface area contributed by atoms with Gasteiger partial charge in [-0.05, 0) is 30.7 Å². The fourth-order valence-electron chi connectivity index (χ4n) is 2.36. The molecule has 1 aromatic heterocycles. The van der Waals surface area contributed by atoms with E-state index in [0.29, 0.717) is 23.2 Å². The number of aliphatic hydroxyl groups excluding tert-OH is 1. The van der Waals surface area contributed by atoms with Crippen molar-refractivity contribution in [3.05, 3.63) is 23.0 Å². The average Bonchev–Trinajstić information content (AvgIpc) is 3.07. The van der Waals surface area contributed by atoms with Gasteiger partial charge in [0, 0.05) is 18.8 Å². The molecule has 0 aromatic carbocycles. The lowest BCUT2D eigenvalue weighted by atomic mass is 9.89. The SMILES string of the molecule is CC(C)(C)CC(O)CNC(=O)c1cc(Cl)cn1C1CC1. The summed E-state index contributed by atoms with van der Waals surface area (Å²) in [6, 6.07) is 2.09. The molecule has 1 aliphatic rings. The number of carbonyl (C=O) groups is 1. The van der Waals surface area contributed by atoms with Crippen LogP contribution in [0.25, 0.3) is 0 Å². The number of hydrogen-bond donors (Lipinski definition) is 2. The summed E-state index contributed by atoms with van der Waals surface area (Å²) < 4.78 is 1.94. The van der Waals surface area contributed by atoms with Gasteiger partial charge >= 0.3 is 0 Å². The van der Waals surface area contributed by atoms with E-state index in [4.69, 9.17) is 11.6 Å². The summed E-state index contributed by atoms with van der Waals surface area (Å²) in [5, 5.41) is 13.3. The normalized spacial score (nSPS) is 17.1. The minimum atomic E-state index is -0.529. The molecule has 2 rings (SSSR count). The Labute approximate surface area is 125 Å². The number of rotatable bonds is 5. The largest absolute Gasteiger partial charge is 0.391 e. The Morgan fingerprint density at radius 3 is 2.75 bits per heavy atom. The number of amides is 1. The first-order valence-corrected chi connectivity index (χ1v) is 7.48. The molecule has 1 aliphatic carbocycles. The maximum atomic E-state index is 12.2. The summed E-state index contributed by atoms with van der Waals surface area (Å²) in [6.45, 7) is 6.46. The van der Waals surface area contributed by atoms with Crippen molar-refractivity contribution in [1.29, 1.82) is 0 Å². The molecule has 112 valence electrons. The Morgan fingerprint density at radius 2 is 2.20 bits per heavy atom. The average molecular weight is 299 g/mol. The lowest BCUT2D eigenvalue weighted by Gasteiger charge is -2.22. The highest BCUT2D eigenvalue weighted by molar-refractivity contribution is 6.31. The first kappa shape index (κ1) is 15.4. The first-order chi connectivity index (χ1) is 9.26. The van der Waals surface area contributed by atoms with E-state index in [2.05, 4.69) is 26.1 Å². The van der Waals surface area contributed by atoms with Gasteiger partial charge in [-0.15, -0.1) is 0 Å². The predicted octanol–water partition coefficient (Wildman–Crippen LogP) is 3.00. The fraction of sp³-hybridized carbons (Fsp3) is 0.667. The molecule has 1 saturated carbocycles. The van der Waals surface area contributed by atoms with Crippen LogP contribution >= 0.6 is 11.6 Å². The van der Waals surface area contributed by atoms with E-state index < -0.39 is 6.10 Å². The number of aromatic nitrogens is 1. The highest BCUT2D eigenvalue weighted by Crippen LogP contribution is 2.37. The Kier molecular flexibility index (Phi) is 4.45. The Balaban J connectivity index is 1.92. The maximum Gasteiger partial charge on any atom is 0.268 e. The molecule has 0 bridgehead atoms. The van der Waals surface area contributed by atoms with Crippen LogP contribution in [-0.2, 0) is 0 Å². The zero-order chi connectivity index (χ0) is 14.9. The number of nitrogens with one attached hydrogen (secondary N) is 1. The monoisotopic (exact) mass is 298 g/mol. The fourth-order valence-corrected chi connectivity index (χ4v) is 2.57. The molecule has 1 fully saturated rings. The van der Waals surface area contributed by atoms with E-state index in [1.54, 1.807) is 12.3 Å². The van der Waals surface area contributed by atoms with Gasteiger partial charge in [0.1, 0.15) is 5.69 Å². The van der Waals surface area contributed by atoms with Crippen molar-refractivity contribution >= 4 is 17.5 Å². The van der Waals surface area contributed by atoms with E-state index in [9.17, 15) is 9.90 Å². The highest BCUT2D eigenvalue weighted by atomic mass is 35.5. The second-order valence-electron chi connectivity index (χ2n) is 6.81. The van der Waals surface area contributed by atoms with Crippen molar-refractivity contribution in [2.45, 2.75) is 52.2 Å². The Hall–Kier alpha value is -1.00. The summed E-state index contributed by atoms with van der Waals surface area (Å²) in [5.74, 6) is -0.170. The molecule has 1 atom stereocenters. The smallest absolute Gasteiger partial charge is 0.268 e. The third-order valence-corrected chi connectivity index (χ3v) is 3.54. The first-order valence-electron chi connectivity index (χ1n) is 7.10. The van der Waals surface area contributed by atoms with E-state index in [-0.39, 0.29) is 17.9 Å². The molecule has 4 nitrogen and oxygen atoms in total. The third-order valence-electron chi connectivity index (χ3n) is 3.33. The minimum absolute atomic E-state index is 0.0433. The molecule has 20 heavy (non-hydrogen) atoms. The van der Waals surface area contributed by atoms with Crippen molar-refractivity contribution in [2.75, 3.05) is 6.54 Å². The molecule has 1 amide bonds. The van der Waals surface area contributed by atoms with Gasteiger partial charge in [0.15, 0.2) is 0 Å². The second-order valence-corrected chi connectivity index (χ2v) is 7.25. The van der Waals surface area contributed by atoms with E-state index in [1.165, 1.54) is 0 Å². The van der Waals surface area contributed by atoms with Crippen LogP contribution in [0.5, 0.6) is 0 Å². The van der Waals surface area contributed by atoms with E-state index in [1.807, 2.05) is 4.57 Å². The highest BCUT2D eigenvalue weighted by Gasteiger charge is 2.28. The van der Waals surface area contributed by atoms with Gasteiger partial charge in [0.05, 0.1) is 11.1 Å². The zero-order valence-corrected chi connectivity index (χ0v) is 13.1. The molecule has 1 unspecified atom stereocenters. The summed E-state index contributed by atoms with van der Waals surface area (Å²) in [5.41, 5.74) is 0.627. The molecule has 0 radical (unpaired) electrons. The zero-order valence-electron chi connectivity index (χ0n) is 12.3. The molecule has 0 aliphatic heterocycles. The van der Waals surface area contributed by atoms with Gasteiger partial charge in [-0.25, -0.2) is 0 Å². The van der Waals surface area contributed by atoms with Crippen molar-refractivity contribution in [2.24, 2.45) is 5.41 Å². The second kappa shape index (κ2) is 5.78. The van der Waals surface area contributed by atoms with Crippen LogP contribution in [0.2, 0.25) is 5.02 Å². The molecule has 1 heterocycles. The molecule has 5 heteroatoms. The van der Waals surface area contributed by atoms with Gasteiger partial charge < -0.3 is 15.0 Å². The lowest BCUT2D eigenvalue weighted by Crippen LogP contribution is -2.35. The van der Waals surface area contributed by atoms with Crippen molar-refractivity contribution < 1.29 is 9.90 Å². The van der Waals surface area contributed by atoms with Crippen LogP contribution in [0.15, 0.2) is 12.3 Å². The standard InChI is InChI=1S/C15H23ClN2O2/c1-15(2,3)7-12(19)8-17-14(20)13-6-10(16)9-18(13)11-4-5-11/h6,9,11-12,19H,4-5,7-8H2,1-3H3,(H,17,20). The summed E-state index contributed by atoms with van der Waals surface area (Å²) >= 11 is 5.98. The number of nitrogens with zero attached hydrogens (tertiary/aromatic N) is 1. The quantitative estimate of drug-likeness (QED) is 0.878. The van der Waals surface area contributed by atoms with Gasteiger partial charge in [-0.1, -0.05) is 32.4 Å². The van der Waals surface area contributed by atoms with Gasteiger partial charge in [-0.3, -0.25) is 4.79 Å². The Morgan fingerprint density at radius 1 is 1.55 bits per heavy atom. The summed E-state index contributed by atoms with van der Waals surface area (Å²) in [7, 11) is 0. The summed E-state index contributed by atoms with van der Waals surface area (Å²) in [4.78, 5) is 12.2. The molecular weight excluding hydrogens is 276 g/mol. The molecule has 1 aromatic rings. The van der Waals surface area contributed by atoms with Gasteiger partial charge in [0.25, 0.3) is 5.91 Å². The van der Waals surface area contributed by atoms with Crippen LogP contribution in [0.3, 0.4) is 0 Å². The molecule has 2 N–H and O–H groups in total. The number of carbonyl (C=O) groups excluding carboxylic acids is 1. The third kappa shape index (κ3) is 4.25. The van der Waals surface area contributed by atoms with E-state index in [0.717, 1.165) is 12.8 Å². The van der Waals surface area contributed by atoms with Crippen LogP contribution in [0, 0.1) is 5.41 Å². The molecular formula is C15H23ClN2O2. The van der Waals surface area contributed by atoms with Crippen LogP contribution < -0.4 is 5.32 Å². The molecule has 0 spiro atoms. The van der Waals surface area contributed by atoms with Gasteiger partial charge in [0.2, 0.25) is 0 Å². The predicted molar refractivity (Wildman–Crippen MR) is 80.1 cm³/mol. The van der Waals surface area contributed by atoms with Crippen LogP contribution in [0.1, 0.15) is 56.6 Å². The summed E-state index contributed by atoms with van der Waals surface area (Å²) in [6.07, 6.45) is 4.12. The van der Waals surface area contributed by atoms with Crippen LogP contribution in [-0.4, -0.2) is 28.2 Å². The van der Waals surface area contributed by atoms with Gasteiger partial charge in [-0.2, -0.15) is 0 Å². The maximum absolute atomic E-state index is 12.2. The number of hydrogen-bond acceptors (Lipinski definition) is 2. The van der Waals surface area contributed by atoms with Crippen molar-refractivity contribution in [3.8, 4) is 0 Å². The number of aliphatic hydroxyl groups is 1. The van der Waals surface area contributed by atoms with E-state index >= 15 is 0 Å². The Bertz CT molecular complexity index is 487. The van der Waals surface area contributed by atoms with Crippen molar-refractivity contribution in [3.63, 3.8) is 0 Å². The minimum Gasteiger partial charge on any atom is -0.391 e. The van der Waals surface area contributed by atoms with Crippen molar-refractivity contribution in [1.82, 2.24) is 9.88 Å².